The Morgan fingerprint density at radius 3 is 1.88 bits per heavy atom. The topological polar surface area (TPSA) is 72.9 Å². The van der Waals surface area contributed by atoms with Crippen LogP contribution in [0.25, 0.3) is 10.9 Å². The number of benzene rings is 3. The van der Waals surface area contributed by atoms with Gasteiger partial charge in [0.05, 0.1) is 25.9 Å². The van der Waals surface area contributed by atoms with Crippen molar-refractivity contribution < 1.29 is 27.0 Å². The van der Waals surface area contributed by atoms with Gasteiger partial charge in [-0.1, -0.05) is 92.6 Å². The van der Waals surface area contributed by atoms with Crippen molar-refractivity contribution in [2.45, 2.75) is 119 Å². The lowest BCUT2D eigenvalue weighted by Crippen LogP contribution is -2.09. The molecule has 0 amide bonds. The van der Waals surface area contributed by atoms with E-state index in [4.69, 9.17) is 9.47 Å². The number of alkyl halides is 2. The molecule has 320 valence electrons. The van der Waals surface area contributed by atoms with Crippen LogP contribution in [0.5, 0.6) is 11.6 Å². The zero-order chi connectivity index (χ0) is 44.4. The predicted molar refractivity (Wildman–Crippen MR) is 235 cm³/mol. The number of fused-ring (bicyclic) bond motifs is 1. The highest BCUT2D eigenvalue weighted by molar-refractivity contribution is 5.82. The number of pyridine rings is 2. The first-order valence-corrected chi connectivity index (χ1v) is 20.1. The zero-order valence-electron chi connectivity index (χ0n) is 37.3. The third-order valence-corrected chi connectivity index (χ3v) is 9.33. The second-order valence-electron chi connectivity index (χ2n) is 15.5. The van der Waals surface area contributed by atoms with E-state index in [2.05, 4.69) is 99.8 Å². The first-order chi connectivity index (χ1) is 27.7. The molecule has 6 aromatic rings. The van der Waals surface area contributed by atoms with Crippen molar-refractivity contribution in [1.82, 2.24) is 20.2 Å². The number of aromatic nitrogens is 4. The fourth-order valence-electron chi connectivity index (χ4n) is 6.08. The van der Waals surface area contributed by atoms with Gasteiger partial charge in [-0.3, -0.25) is 10.1 Å². The van der Waals surface area contributed by atoms with Crippen LogP contribution in [-0.2, 0) is 12.3 Å². The quantitative estimate of drug-likeness (QED) is 0.155. The summed E-state index contributed by atoms with van der Waals surface area (Å²) in [5.74, 6) is -0.523. The molecule has 0 saturated carbocycles. The minimum absolute atomic E-state index is 0.121. The van der Waals surface area contributed by atoms with E-state index in [0.717, 1.165) is 42.8 Å². The van der Waals surface area contributed by atoms with Gasteiger partial charge in [0, 0.05) is 47.1 Å². The van der Waals surface area contributed by atoms with Crippen LogP contribution in [0.2, 0.25) is 0 Å². The molecule has 0 saturated heterocycles. The van der Waals surface area contributed by atoms with Gasteiger partial charge < -0.3 is 9.47 Å². The molecule has 0 bridgehead atoms. The number of hydrogen-bond acceptors (Lipinski definition) is 5. The monoisotopic (exact) mass is 816 g/mol. The van der Waals surface area contributed by atoms with Gasteiger partial charge in [0.2, 0.25) is 5.88 Å². The molecule has 10 heteroatoms. The van der Waals surface area contributed by atoms with Gasteiger partial charge in [0.1, 0.15) is 17.4 Å². The normalized spacial score (nSPS) is 10.9. The van der Waals surface area contributed by atoms with E-state index in [9.17, 15) is 17.6 Å². The molecule has 6 rings (SSSR count). The van der Waals surface area contributed by atoms with Crippen molar-refractivity contribution in [3.05, 3.63) is 148 Å². The predicted octanol–water partition coefficient (Wildman–Crippen LogP) is 14.2. The maximum Gasteiger partial charge on any atom is 0.270 e. The summed E-state index contributed by atoms with van der Waals surface area (Å²) in [4.78, 5) is 8.72. The van der Waals surface area contributed by atoms with Crippen LogP contribution in [0.1, 0.15) is 138 Å². The van der Waals surface area contributed by atoms with Gasteiger partial charge in [-0.25, -0.2) is 22.5 Å². The van der Waals surface area contributed by atoms with E-state index < -0.39 is 11.7 Å². The van der Waals surface area contributed by atoms with Crippen molar-refractivity contribution in [1.29, 1.82) is 0 Å². The highest BCUT2D eigenvalue weighted by Crippen LogP contribution is 2.30. The van der Waals surface area contributed by atoms with Gasteiger partial charge in [-0.05, 0) is 109 Å². The smallest absolute Gasteiger partial charge is 0.270 e. The van der Waals surface area contributed by atoms with Crippen LogP contribution in [0.15, 0.2) is 91.3 Å². The largest absolute Gasteiger partial charge is 0.496 e. The summed E-state index contributed by atoms with van der Waals surface area (Å²) in [5, 5.41) is 8.23. The molecule has 1 N–H and O–H groups in total. The van der Waals surface area contributed by atoms with Gasteiger partial charge in [0.15, 0.2) is 0 Å². The van der Waals surface area contributed by atoms with Crippen LogP contribution in [0, 0.1) is 25.5 Å². The maximum absolute atomic E-state index is 13.2. The van der Waals surface area contributed by atoms with Crippen molar-refractivity contribution in [2.24, 2.45) is 0 Å². The van der Waals surface area contributed by atoms with Crippen LogP contribution in [0.4, 0.5) is 17.6 Å². The number of ether oxygens (including phenoxy) is 2. The summed E-state index contributed by atoms with van der Waals surface area (Å²) in [7, 11) is 3.20. The van der Waals surface area contributed by atoms with Gasteiger partial charge in [0.25, 0.3) is 5.92 Å². The molecule has 3 aromatic carbocycles. The third-order valence-electron chi connectivity index (χ3n) is 9.33. The fraction of sp³-hybridized carbons (Fsp3) is 0.408. The summed E-state index contributed by atoms with van der Waals surface area (Å²) in [5.41, 5.74) is 8.14. The van der Waals surface area contributed by atoms with Crippen molar-refractivity contribution in [3.63, 3.8) is 0 Å². The first-order valence-electron chi connectivity index (χ1n) is 20.1. The summed E-state index contributed by atoms with van der Waals surface area (Å²) in [6, 6.07) is 22.6. The van der Waals surface area contributed by atoms with E-state index >= 15 is 0 Å². The number of rotatable bonds is 8. The number of hydrogen-bond donors (Lipinski definition) is 1. The Morgan fingerprint density at radius 2 is 1.39 bits per heavy atom. The van der Waals surface area contributed by atoms with Crippen LogP contribution in [0.3, 0.4) is 0 Å². The minimum Gasteiger partial charge on any atom is -0.496 e. The lowest BCUT2D eigenvalue weighted by atomic mass is 10.00. The molecular weight excluding hydrogens is 753 g/mol. The summed E-state index contributed by atoms with van der Waals surface area (Å²) in [6.45, 7) is 23.4. The molecular formula is C49H64F4N4O2. The number of methoxy groups -OCH3 is 2. The van der Waals surface area contributed by atoms with Gasteiger partial charge in [-0.15, -0.1) is 0 Å². The summed E-state index contributed by atoms with van der Waals surface area (Å²) >= 11 is 0. The average Bonchev–Trinajstić information content (AvgIpc) is 3.67. The Labute approximate surface area is 349 Å². The van der Waals surface area contributed by atoms with Crippen molar-refractivity contribution >= 4 is 10.9 Å². The molecule has 59 heavy (non-hydrogen) atoms. The number of aryl methyl sites for hydroxylation is 3. The van der Waals surface area contributed by atoms with Crippen LogP contribution in [-0.4, -0.2) is 34.4 Å². The molecule has 0 radical (unpaired) electrons. The van der Waals surface area contributed by atoms with Crippen molar-refractivity contribution in [3.8, 4) is 11.6 Å². The Morgan fingerprint density at radius 1 is 0.712 bits per heavy atom. The van der Waals surface area contributed by atoms with Crippen LogP contribution < -0.4 is 9.47 Å². The Balaban J connectivity index is 0.000000254. The molecule has 0 aliphatic carbocycles. The lowest BCUT2D eigenvalue weighted by molar-refractivity contribution is 0.0167. The van der Waals surface area contributed by atoms with E-state index in [-0.39, 0.29) is 22.9 Å². The standard InChI is InChI=1S/C10H13FO.C10H12N2.C10H15NO.C10H15N.C9H9F3/c1-7(2)10-8(11)5-4-6-9(10)12-3;1-7(2)8-4-3-5-10-9(8)6-11-12-10;1-7(2)10-8(3)5-6-9(11-10)12-4;1-4-9-5-6-10(8(2)3)11-7-9;1-6-5-7(10)3-4-8(6)9(2,11)12/h4-7H,1-3H3;3-7H,1-2H3,(H,11,12);5-7H,1-4H3;5-8H,4H2,1-3H3;3-5H,1-2H3. The molecule has 6 nitrogen and oxygen atoms in total. The van der Waals surface area contributed by atoms with Crippen LogP contribution >= 0.6 is 0 Å². The zero-order valence-corrected chi connectivity index (χ0v) is 37.3. The third kappa shape index (κ3) is 15.8. The van der Waals surface area contributed by atoms with Crippen molar-refractivity contribution in [2.75, 3.05) is 14.2 Å². The molecule has 3 heterocycles. The summed E-state index contributed by atoms with van der Waals surface area (Å²) in [6.07, 6.45) is 4.94. The van der Waals surface area contributed by atoms with Gasteiger partial charge in [-0.2, -0.15) is 5.10 Å². The lowest BCUT2D eigenvalue weighted by Gasteiger charge is -2.12. The number of nitrogens with zero attached hydrogens (tertiary/aromatic N) is 3. The second-order valence-corrected chi connectivity index (χ2v) is 15.5. The molecule has 0 aliphatic heterocycles. The Bertz CT molecular complexity index is 2140. The molecule has 0 spiro atoms. The summed E-state index contributed by atoms with van der Waals surface area (Å²) < 4.78 is 61.2. The highest BCUT2D eigenvalue weighted by Gasteiger charge is 2.26. The number of aromatic amines is 1. The molecule has 0 fully saturated rings. The molecule has 0 unspecified atom stereocenters. The SMILES string of the molecule is CC(C)c1cccc2[nH]ncc12.CCc1ccc(C(C)C)nc1.COc1ccc(C)c(C(C)C)n1.COc1cccc(F)c1C(C)C.Cc1cc(F)ccc1C(C)(F)F. The first kappa shape index (κ1) is 49.9. The number of halogens is 4. The van der Waals surface area contributed by atoms with E-state index in [1.54, 1.807) is 26.4 Å². The van der Waals surface area contributed by atoms with E-state index in [1.165, 1.54) is 40.8 Å². The number of H-pyrrole nitrogens is 1. The minimum atomic E-state index is -2.89. The number of nitrogens with one attached hydrogen (secondary N) is 1. The molecule has 0 aliphatic rings. The highest BCUT2D eigenvalue weighted by atomic mass is 19.3. The second kappa shape index (κ2) is 24.0. The van der Waals surface area contributed by atoms with Gasteiger partial charge >= 0.3 is 0 Å². The molecule has 0 atom stereocenters. The maximum atomic E-state index is 13.2. The molecule has 3 aromatic heterocycles. The fourth-order valence-corrected chi connectivity index (χ4v) is 6.08. The Kier molecular flexibility index (Phi) is 20.3. The van der Waals surface area contributed by atoms with E-state index in [1.807, 2.05) is 44.4 Å². The average molecular weight is 817 g/mol. The van der Waals surface area contributed by atoms with E-state index in [0.29, 0.717) is 34.9 Å². The Hall–Kier alpha value is -5.25.